The van der Waals surface area contributed by atoms with Crippen molar-refractivity contribution in [2.75, 3.05) is 5.32 Å². The molecule has 2 aromatic carbocycles. The zero-order valence-corrected chi connectivity index (χ0v) is 16.7. The molecule has 29 heavy (non-hydrogen) atoms. The van der Waals surface area contributed by atoms with Gasteiger partial charge in [-0.1, -0.05) is 18.2 Å². The summed E-state index contributed by atoms with van der Waals surface area (Å²) in [6, 6.07) is 11.4. The van der Waals surface area contributed by atoms with Crippen LogP contribution < -0.4 is 5.32 Å². The molecule has 1 atom stereocenters. The van der Waals surface area contributed by atoms with E-state index in [1.54, 1.807) is 4.68 Å². The van der Waals surface area contributed by atoms with Crippen molar-refractivity contribution in [2.24, 2.45) is 0 Å². The van der Waals surface area contributed by atoms with Gasteiger partial charge < -0.3 is 5.32 Å². The summed E-state index contributed by atoms with van der Waals surface area (Å²) >= 11 is 0. The van der Waals surface area contributed by atoms with Crippen molar-refractivity contribution < 1.29 is 13.9 Å². The molecule has 1 aromatic heterocycles. The number of fused-ring (bicyclic) bond motifs is 1. The molecule has 2 heterocycles. The molecule has 0 bridgehead atoms. The first-order chi connectivity index (χ1) is 13.8. The maximum Gasteiger partial charge on any atom is 0.270 e. The number of anilines is 1. The Morgan fingerprint density at radius 2 is 1.97 bits per heavy atom. The first-order valence-electron chi connectivity index (χ1n) is 8.93. The molecule has 4 rings (SSSR count). The summed E-state index contributed by atoms with van der Waals surface area (Å²) in [5, 5.41) is 18.5. The van der Waals surface area contributed by atoms with E-state index in [0.29, 0.717) is 23.0 Å². The van der Waals surface area contributed by atoms with E-state index < -0.39 is 21.6 Å². The zero-order valence-electron chi connectivity index (χ0n) is 15.8. The molecule has 148 valence electrons. The molecule has 9 heteroatoms. The molecule has 3 aromatic rings. The van der Waals surface area contributed by atoms with E-state index in [2.05, 4.69) is 10.4 Å². The molecule has 1 unspecified atom stereocenters. The van der Waals surface area contributed by atoms with Crippen LogP contribution >= 0.6 is 0 Å². The Bertz CT molecular complexity index is 1190. The van der Waals surface area contributed by atoms with Gasteiger partial charge in [-0.3, -0.25) is 19.1 Å². The van der Waals surface area contributed by atoms with E-state index in [1.807, 2.05) is 32.0 Å². The molecule has 1 aliphatic rings. The maximum absolute atomic E-state index is 12.9. The van der Waals surface area contributed by atoms with Gasteiger partial charge in [-0.2, -0.15) is 5.10 Å². The van der Waals surface area contributed by atoms with Gasteiger partial charge in [0.25, 0.3) is 11.6 Å². The number of non-ortho nitro benzene ring substituents is 1. The Hall–Kier alpha value is -3.33. The van der Waals surface area contributed by atoms with E-state index >= 15 is 0 Å². The summed E-state index contributed by atoms with van der Waals surface area (Å²) in [5.41, 5.74) is 4.35. The standard InChI is InChI=1S/C20H18N4O4S/c1-12-5-3-8-18(13(12)2)23-19(16-10-29(28)11-17(16)22-23)21-20(25)14-6-4-7-15(9-14)24(26)27/h3-9H,10-11H2,1-2H3,(H,21,25). The number of carbonyl (C=O) groups is 1. The quantitative estimate of drug-likeness (QED) is 0.524. The van der Waals surface area contributed by atoms with Crippen LogP contribution in [0.1, 0.15) is 32.7 Å². The van der Waals surface area contributed by atoms with Crippen molar-refractivity contribution in [3.63, 3.8) is 0 Å². The van der Waals surface area contributed by atoms with Crippen molar-refractivity contribution in [2.45, 2.75) is 25.4 Å². The van der Waals surface area contributed by atoms with E-state index in [9.17, 15) is 19.1 Å². The third-order valence-corrected chi connectivity index (χ3v) is 6.23. The van der Waals surface area contributed by atoms with Crippen molar-refractivity contribution in [1.29, 1.82) is 0 Å². The molecular formula is C20H18N4O4S. The second-order valence-corrected chi connectivity index (χ2v) is 8.35. The minimum Gasteiger partial charge on any atom is -0.306 e. The Morgan fingerprint density at radius 3 is 2.72 bits per heavy atom. The highest BCUT2D eigenvalue weighted by molar-refractivity contribution is 7.83. The van der Waals surface area contributed by atoms with Gasteiger partial charge >= 0.3 is 0 Å². The third-order valence-electron chi connectivity index (χ3n) is 5.03. The monoisotopic (exact) mass is 410 g/mol. The molecule has 0 saturated heterocycles. The van der Waals surface area contributed by atoms with Crippen LogP contribution in [0, 0.1) is 24.0 Å². The normalized spacial score (nSPS) is 15.2. The number of aromatic nitrogens is 2. The number of hydrogen-bond donors (Lipinski definition) is 1. The Morgan fingerprint density at radius 1 is 1.21 bits per heavy atom. The summed E-state index contributed by atoms with van der Waals surface area (Å²) in [7, 11) is -1.06. The predicted octanol–water partition coefficient (Wildman–Crippen LogP) is 3.41. The van der Waals surface area contributed by atoms with Crippen LogP contribution in [0.25, 0.3) is 5.69 Å². The van der Waals surface area contributed by atoms with Crippen LogP contribution in [0.4, 0.5) is 11.5 Å². The largest absolute Gasteiger partial charge is 0.306 e. The van der Waals surface area contributed by atoms with E-state index in [4.69, 9.17) is 0 Å². The Kier molecular flexibility index (Phi) is 4.75. The van der Waals surface area contributed by atoms with Crippen molar-refractivity contribution >= 4 is 28.2 Å². The number of nitro groups is 1. The van der Waals surface area contributed by atoms with Gasteiger partial charge in [0.15, 0.2) is 0 Å². The second kappa shape index (κ2) is 7.25. The number of hydrogen-bond acceptors (Lipinski definition) is 5. The number of aryl methyl sites for hydroxylation is 1. The summed E-state index contributed by atoms with van der Waals surface area (Å²) in [6.07, 6.45) is 0. The summed E-state index contributed by atoms with van der Waals surface area (Å²) in [5.74, 6) is 0.620. The molecule has 0 saturated carbocycles. The summed E-state index contributed by atoms with van der Waals surface area (Å²) in [6.45, 7) is 3.97. The SMILES string of the molecule is Cc1cccc(-n2nc3c(c2NC(=O)c2cccc([N+](=O)[O-])c2)CS(=O)C3)c1C. The van der Waals surface area contributed by atoms with Gasteiger partial charge in [-0.15, -0.1) is 0 Å². The third kappa shape index (κ3) is 3.44. The fourth-order valence-corrected chi connectivity index (χ4v) is 4.60. The van der Waals surface area contributed by atoms with Crippen LogP contribution in [0.15, 0.2) is 42.5 Å². The Balaban J connectivity index is 1.78. The molecule has 1 N–H and O–H groups in total. The van der Waals surface area contributed by atoms with Crippen LogP contribution in [-0.2, 0) is 22.3 Å². The minimum atomic E-state index is -1.06. The van der Waals surface area contributed by atoms with Crippen LogP contribution in [0.3, 0.4) is 0 Å². The fraction of sp³-hybridized carbons (Fsp3) is 0.200. The number of nitrogens with one attached hydrogen (secondary N) is 1. The van der Waals surface area contributed by atoms with Crippen molar-refractivity contribution in [3.05, 3.63) is 80.5 Å². The second-order valence-electron chi connectivity index (χ2n) is 6.89. The lowest BCUT2D eigenvalue weighted by molar-refractivity contribution is -0.384. The van der Waals surface area contributed by atoms with E-state index in [0.717, 1.165) is 22.4 Å². The van der Waals surface area contributed by atoms with Crippen LogP contribution in [0.5, 0.6) is 0 Å². The topological polar surface area (TPSA) is 107 Å². The number of benzene rings is 2. The fourth-order valence-electron chi connectivity index (χ4n) is 3.34. The number of nitro benzene ring substituents is 1. The van der Waals surface area contributed by atoms with Gasteiger partial charge in [0.1, 0.15) is 5.82 Å². The van der Waals surface area contributed by atoms with Gasteiger partial charge in [0.2, 0.25) is 0 Å². The minimum absolute atomic E-state index is 0.160. The zero-order chi connectivity index (χ0) is 20.7. The van der Waals surface area contributed by atoms with E-state index in [-0.39, 0.29) is 11.3 Å². The van der Waals surface area contributed by atoms with Gasteiger partial charge in [0.05, 0.1) is 27.8 Å². The predicted molar refractivity (Wildman–Crippen MR) is 110 cm³/mol. The lowest BCUT2D eigenvalue weighted by atomic mass is 10.1. The summed E-state index contributed by atoms with van der Waals surface area (Å²) in [4.78, 5) is 23.3. The molecule has 0 radical (unpaired) electrons. The highest BCUT2D eigenvalue weighted by Crippen LogP contribution is 2.33. The molecule has 0 aliphatic carbocycles. The first-order valence-corrected chi connectivity index (χ1v) is 10.4. The van der Waals surface area contributed by atoms with Crippen molar-refractivity contribution in [3.8, 4) is 5.69 Å². The lowest BCUT2D eigenvalue weighted by Crippen LogP contribution is -2.17. The van der Waals surface area contributed by atoms with Crippen molar-refractivity contribution in [1.82, 2.24) is 9.78 Å². The number of rotatable bonds is 4. The van der Waals surface area contributed by atoms with Gasteiger partial charge in [-0.25, -0.2) is 4.68 Å². The average molecular weight is 410 g/mol. The van der Waals surface area contributed by atoms with Gasteiger partial charge in [-0.05, 0) is 37.1 Å². The molecule has 0 spiro atoms. The molecule has 8 nitrogen and oxygen atoms in total. The number of nitrogens with zero attached hydrogens (tertiary/aromatic N) is 3. The summed E-state index contributed by atoms with van der Waals surface area (Å²) < 4.78 is 13.7. The Labute approximate surface area is 169 Å². The molecule has 0 fully saturated rings. The van der Waals surface area contributed by atoms with Crippen LogP contribution in [0.2, 0.25) is 0 Å². The van der Waals surface area contributed by atoms with Crippen LogP contribution in [-0.4, -0.2) is 24.8 Å². The van der Waals surface area contributed by atoms with Gasteiger partial charge in [0, 0.05) is 34.1 Å². The highest BCUT2D eigenvalue weighted by Gasteiger charge is 2.29. The molecule has 1 aliphatic heterocycles. The van der Waals surface area contributed by atoms with E-state index in [1.165, 1.54) is 24.3 Å². The molecule has 1 amide bonds. The lowest BCUT2D eigenvalue weighted by Gasteiger charge is -2.14. The smallest absolute Gasteiger partial charge is 0.270 e. The maximum atomic E-state index is 12.9. The number of carbonyl (C=O) groups excluding carboxylic acids is 1. The average Bonchev–Trinajstić information content (AvgIpc) is 3.21. The molecular weight excluding hydrogens is 392 g/mol. The first kappa shape index (κ1) is 19.0. The number of amides is 1. The highest BCUT2D eigenvalue weighted by atomic mass is 32.2.